The summed E-state index contributed by atoms with van der Waals surface area (Å²) < 4.78 is 0. The predicted octanol–water partition coefficient (Wildman–Crippen LogP) is 2.11. The first-order valence-corrected chi connectivity index (χ1v) is 4.22. The minimum Gasteiger partial charge on any atom is -0.375 e. The van der Waals surface area contributed by atoms with Gasteiger partial charge in [-0.2, -0.15) is 0 Å². The summed E-state index contributed by atoms with van der Waals surface area (Å²) in [6.07, 6.45) is -0.598. The molecular formula is C9H10OS. The van der Waals surface area contributed by atoms with Gasteiger partial charge in [-0.15, -0.1) is 17.3 Å². The van der Waals surface area contributed by atoms with Crippen LogP contribution in [-0.2, 0) is 0 Å². The quantitative estimate of drug-likeness (QED) is 0.633. The van der Waals surface area contributed by atoms with Gasteiger partial charge in [0.2, 0.25) is 0 Å². The minimum atomic E-state index is -0.598. The highest BCUT2D eigenvalue weighted by molar-refractivity contribution is 7.12. The molecule has 11 heavy (non-hydrogen) atoms. The Morgan fingerprint density at radius 3 is 2.73 bits per heavy atom. The maximum absolute atomic E-state index is 9.37. The maximum atomic E-state index is 9.37. The molecule has 1 aromatic rings. The van der Waals surface area contributed by atoms with Gasteiger partial charge in [-0.25, -0.2) is 0 Å². The zero-order chi connectivity index (χ0) is 8.27. The molecular weight excluding hydrogens is 156 g/mol. The molecule has 0 saturated carbocycles. The third-order valence-electron chi connectivity index (χ3n) is 1.31. The summed E-state index contributed by atoms with van der Waals surface area (Å²) in [6, 6.07) is 3.90. The predicted molar refractivity (Wildman–Crippen MR) is 47.5 cm³/mol. The van der Waals surface area contributed by atoms with Gasteiger partial charge in [-0.3, -0.25) is 0 Å². The maximum Gasteiger partial charge on any atom is 0.149 e. The molecule has 1 aromatic heterocycles. The van der Waals surface area contributed by atoms with Gasteiger partial charge < -0.3 is 5.11 Å². The van der Waals surface area contributed by atoms with Gasteiger partial charge in [0.1, 0.15) is 6.10 Å². The summed E-state index contributed by atoms with van der Waals surface area (Å²) in [5.74, 6) is 5.37. The van der Waals surface area contributed by atoms with Crippen LogP contribution >= 0.6 is 11.3 Å². The first-order chi connectivity index (χ1) is 5.24. The Morgan fingerprint density at radius 1 is 1.55 bits per heavy atom. The number of aryl methyl sites for hydroxylation is 1. The number of thiophene rings is 1. The van der Waals surface area contributed by atoms with Gasteiger partial charge in [0, 0.05) is 9.75 Å². The zero-order valence-corrected chi connectivity index (χ0v) is 7.40. The van der Waals surface area contributed by atoms with Crippen LogP contribution in [0.2, 0.25) is 0 Å². The van der Waals surface area contributed by atoms with E-state index in [0.29, 0.717) is 0 Å². The number of aliphatic hydroxyl groups excluding tert-OH is 1. The summed E-state index contributed by atoms with van der Waals surface area (Å²) in [6.45, 7) is 3.74. The number of hydrogen-bond donors (Lipinski definition) is 1. The van der Waals surface area contributed by atoms with Crippen molar-refractivity contribution in [2.45, 2.75) is 20.0 Å². The SMILES string of the molecule is CC#CC(O)c1ccc(C)s1. The van der Waals surface area contributed by atoms with Crippen molar-refractivity contribution >= 4 is 11.3 Å². The highest BCUT2D eigenvalue weighted by atomic mass is 32.1. The third kappa shape index (κ3) is 2.07. The minimum absolute atomic E-state index is 0.598. The largest absolute Gasteiger partial charge is 0.375 e. The van der Waals surface area contributed by atoms with E-state index in [1.165, 1.54) is 4.88 Å². The normalized spacial score (nSPS) is 11.9. The Bertz CT molecular complexity index is 290. The van der Waals surface area contributed by atoms with Crippen molar-refractivity contribution in [3.8, 4) is 11.8 Å². The van der Waals surface area contributed by atoms with Crippen LogP contribution in [0.25, 0.3) is 0 Å². The third-order valence-corrected chi connectivity index (χ3v) is 2.36. The Kier molecular flexibility index (Phi) is 2.70. The second-order valence-corrected chi connectivity index (χ2v) is 3.56. The molecule has 0 radical (unpaired) electrons. The van der Waals surface area contributed by atoms with E-state index in [1.807, 2.05) is 19.1 Å². The molecule has 1 nitrogen and oxygen atoms in total. The van der Waals surface area contributed by atoms with Crippen LogP contribution in [-0.4, -0.2) is 5.11 Å². The Balaban J connectivity index is 2.81. The molecule has 0 bridgehead atoms. The van der Waals surface area contributed by atoms with E-state index < -0.39 is 6.10 Å². The smallest absolute Gasteiger partial charge is 0.149 e. The zero-order valence-electron chi connectivity index (χ0n) is 6.59. The Hall–Kier alpha value is -0.780. The lowest BCUT2D eigenvalue weighted by Crippen LogP contribution is -1.87. The van der Waals surface area contributed by atoms with Gasteiger partial charge in [-0.05, 0) is 26.0 Å². The summed E-state index contributed by atoms with van der Waals surface area (Å²) >= 11 is 1.58. The average molecular weight is 166 g/mol. The monoisotopic (exact) mass is 166 g/mol. The number of rotatable bonds is 1. The van der Waals surface area contributed by atoms with Crippen molar-refractivity contribution < 1.29 is 5.11 Å². The van der Waals surface area contributed by atoms with Gasteiger partial charge in [0.25, 0.3) is 0 Å². The van der Waals surface area contributed by atoms with E-state index in [4.69, 9.17) is 0 Å². The van der Waals surface area contributed by atoms with Crippen LogP contribution < -0.4 is 0 Å². The summed E-state index contributed by atoms with van der Waals surface area (Å²) in [5.41, 5.74) is 0. The van der Waals surface area contributed by atoms with Crippen molar-refractivity contribution in [2.75, 3.05) is 0 Å². The van der Waals surface area contributed by atoms with Crippen molar-refractivity contribution in [1.29, 1.82) is 0 Å². The Labute approximate surface area is 70.7 Å². The fraction of sp³-hybridized carbons (Fsp3) is 0.333. The number of hydrogen-bond acceptors (Lipinski definition) is 2. The van der Waals surface area contributed by atoms with E-state index in [1.54, 1.807) is 18.3 Å². The highest BCUT2D eigenvalue weighted by Gasteiger charge is 2.04. The molecule has 0 spiro atoms. The molecule has 2 heteroatoms. The lowest BCUT2D eigenvalue weighted by Gasteiger charge is -1.96. The highest BCUT2D eigenvalue weighted by Crippen LogP contribution is 2.21. The topological polar surface area (TPSA) is 20.2 Å². The standard InChI is InChI=1S/C9H10OS/c1-3-4-8(10)9-6-5-7(2)11-9/h5-6,8,10H,1-2H3. The van der Waals surface area contributed by atoms with Crippen LogP contribution in [0, 0.1) is 18.8 Å². The molecule has 1 N–H and O–H groups in total. The fourth-order valence-electron chi connectivity index (χ4n) is 0.808. The Morgan fingerprint density at radius 2 is 2.27 bits per heavy atom. The first-order valence-electron chi connectivity index (χ1n) is 3.40. The van der Waals surface area contributed by atoms with Crippen LogP contribution in [0.4, 0.5) is 0 Å². The average Bonchev–Trinajstić information content (AvgIpc) is 2.36. The number of aliphatic hydroxyl groups is 1. The summed E-state index contributed by atoms with van der Waals surface area (Å²) in [5, 5.41) is 9.37. The van der Waals surface area contributed by atoms with Crippen LogP contribution in [0.3, 0.4) is 0 Å². The van der Waals surface area contributed by atoms with Crippen molar-refractivity contribution in [3.05, 3.63) is 21.9 Å². The van der Waals surface area contributed by atoms with Gasteiger partial charge in [0.15, 0.2) is 0 Å². The first kappa shape index (κ1) is 8.32. The van der Waals surface area contributed by atoms with Crippen LogP contribution in [0.15, 0.2) is 12.1 Å². The summed E-state index contributed by atoms with van der Waals surface area (Å²) in [4.78, 5) is 2.13. The lowest BCUT2D eigenvalue weighted by atomic mass is 10.3. The van der Waals surface area contributed by atoms with E-state index >= 15 is 0 Å². The van der Waals surface area contributed by atoms with Gasteiger partial charge >= 0.3 is 0 Å². The molecule has 58 valence electrons. The second kappa shape index (κ2) is 3.56. The van der Waals surface area contributed by atoms with E-state index in [2.05, 4.69) is 11.8 Å². The summed E-state index contributed by atoms with van der Waals surface area (Å²) in [7, 11) is 0. The van der Waals surface area contributed by atoms with Crippen LogP contribution in [0.5, 0.6) is 0 Å². The molecule has 0 fully saturated rings. The van der Waals surface area contributed by atoms with Gasteiger partial charge in [-0.1, -0.05) is 5.92 Å². The van der Waals surface area contributed by atoms with Crippen LogP contribution in [0.1, 0.15) is 22.8 Å². The molecule has 0 aromatic carbocycles. The van der Waals surface area contributed by atoms with Gasteiger partial charge in [0.05, 0.1) is 0 Å². The molecule has 0 amide bonds. The van der Waals surface area contributed by atoms with E-state index in [9.17, 15) is 5.11 Å². The fourth-order valence-corrected chi connectivity index (χ4v) is 1.62. The molecule has 0 aliphatic rings. The molecule has 1 rings (SSSR count). The molecule has 1 unspecified atom stereocenters. The lowest BCUT2D eigenvalue weighted by molar-refractivity contribution is 0.242. The van der Waals surface area contributed by atoms with Crippen molar-refractivity contribution in [1.82, 2.24) is 0 Å². The molecule has 0 saturated heterocycles. The second-order valence-electron chi connectivity index (χ2n) is 2.25. The van der Waals surface area contributed by atoms with Crippen molar-refractivity contribution in [3.63, 3.8) is 0 Å². The molecule has 1 heterocycles. The molecule has 1 atom stereocenters. The van der Waals surface area contributed by atoms with E-state index in [0.717, 1.165) is 4.88 Å². The molecule has 0 aliphatic carbocycles. The van der Waals surface area contributed by atoms with E-state index in [-0.39, 0.29) is 0 Å². The van der Waals surface area contributed by atoms with Crippen molar-refractivity contribution in [2.24, 2.45) is 0 Å². The molecule has 0 aliphatic heterocycles.